The van der Waals surface area contributed by atoms with Gasteiger partial charge in [0.1, 0.15) is 0 Å². The van der Waals surface area contributed by atoms with Crippen LogP contribution in [-0.2, 0) is 21.7 Å². The molecule has 0 unspecified atom stereocenters. The quantitative estimate of drug-likeness (QED) is 0.108. The standard InChI is InChI=1S/C66H49N.C62H57N/c1-66(2,3)54-39-41-63-61(43-54)60-42-53(38-40-62(60)67(63)55-16-8-5-9-17-55)50-28-26-47(27-29-50)49-32-36-52(37-33-49)65-58-20-12-10-18-56(58)64(57-19-11-13-21-59(57)65)51-34-30-48(31-35-51)46-24-22-45(23-25-46)44-14-6-4-7-15-44;1-60(2,3)46-30-33-51-54(38-46)58(43-16-12-10-13-17-43)50-32-29-47(61(4,5)6)39-55(50)59(51)44-26-24-41(25-27-44)40-20-22-42(23-21-40)45-28-34-56-52(36-45)53-37-48(62(7,8)9)31-35-57(53)63(56)49-18-14-11-15-19-49/h4-43H,1-3H3;10-39H,1-9H3. The van der Waals surface area contributed by atoms with Crippen LogP contribution in [0.4, 0.5) is 0 Å². The third-order valence-corrected chi connectivity index (χ3v) is 27.1. The van der Waals surface area contributed by atoms with E-state index in [9.17, 15) is 0 Å². The average Bonchev–Trinajstić information content (AvgIpc) is 1.23. The molecule has 22 rings (SSSR count). The Kier molecular flexibility index (Phi) is 20.6. The van der Waals surface area contributed by atoms with Crippen molar-refractivity contribution in [1.82, 2.24) is 9.13 Å². The van der Waals surface area contributed by atoms with Crippen molar-refractivity contribution in [3.05, 3.63) is 447 Å². The monoisotopic (exact) mass is 1670 g/mol. The Morgan fingerprint density at radius 2 is 0.308 bits per heavy atom. The van der Waals surface area contributed by atoms with Crippen LogP contribution in [-0.4, -0.2) is 9.13 Å². The Hall–Kier alpha value is -15.0. The van der Waals surface area contributed by atoms with E-state index in [1.54, 1.807) is 0 Å². The molecule has 2 heterocycles. The zero-order valence-corrected chi connectivity index (χ0v) is 76.3. The fourth-order valence-corrected chi connectivity index (χ4v) is 19.9. The van der Waals surface area contributed by atoms with Crippen LogP contribution in [0.2, 0.25) is 0 Å². The first-order valence-electron chi connectivity index (χ1n) is 46.0. The molecular formula is C128H106N2. The van der Waals surface area contributed by atoms with E-state index in [4.69, 9.17) is 0 Å². The Balaban J connectivity index is 0.000000158. The fourth-order valence-electron chi connectivity index (χ4n) is 19.9. The van der Waals surface area contributed by atoms with Crippen molar-refractivity contribution in [2.24, 2.45) is 0 Å². The maximum absolute atomic E-state index is 2.46. The minimum absolute atomic E-state index is 0.0159. The van der Waals surface area contributed by atoms with Crippen LogP contribution in [0.1, 0.15) is 105 Å². The molecule has 2 nitrogen and oxygen atoms in total. The number of hydrogen-bond acceptors (Lipinski definition) is 0. The first-order valence-corrected chi connectivity index (χ1v) is 46.0. The van der Waals surface area contributed by atoms with E-state index in [-0.39, 0.29) is 21.7 Å². The molecule has 22 aromatic rings. The van der Waals surface area contributed by atoms with E-state index < -0.39 is 0 Å². The molecule has 0 spiro atoms. The van der Waals surface area contributed by atoms with Crippen LogP contribution >= 0.6 is 0 Å². The lowest BCUT2D eigenvalue weighted by Gasteiger charge is -2.25. The Morgan fingerprint density at radius 3 is 0.585 bits per heavy atom. The first kappa shape index (κ1) is 82.0. The second-order valence-electron chi connectivity index (χ2n) is 39.6. The normalized spacial score (nSPS) is 12.2. The van der Waals surface area contributed by atoms with E-state index in [0.29, 0.717) is 0 Å². The van der Waals surface area contributed by atoms with Crippen LogP contribution in [0.25, 0.3) is 209 Å². The van der Waals surface area contributed by atoms with Crippen LogP contribution in [0.15, 0.2) is 425 Å². The second kappa shape index (κ2) is 32.7. The predicted octanol–water partition coefficient (Wildman–Crippen LogP) is 36.0. The maximum Gasteiger partial charge on any atom is 0.0541 e. The zero-order valence-electron chi connectivity index (χ0n) is 76.3. The van der Waals surface area contributed by atoms with Gasteiger partial charge in [0.25, 0.3) is 0 Å². The van der Waals surface area contributed by atoms with Crippen LogP contribution < -0.4 is 0 Å². The highest BCUT2D eigenvalue weighted by molar-refractivity contribution is 6.24. The molecule has 2 aromatic heterocycles. The second-order valence-corrected chi connectivity index (χ2v) is 39.6. The van der Waals surface area contributed by atoms with E-state index in [2.05, 4.69) is 517 Å². The average molecular weight is 1670 g/mol. The summed E-state index contributed by atoms with van der Waals surface area (Å²) in [6.07, 6.45) is 0. The minimum Gasteiger partial charge on any atom is -0.309 e. The van der Waals surface area contributed by atoms with Crippen molar-refractivity contribution in [3.8, 4) is 123 Å². The van der Waals surface area contributed by atoms with E-state index in [1.807, 2.05) is 0 Å². The fraction of sp³-hybridized carbons (Fsp3) is 0.125. The van der Waals surface area contributed by atoms with Crippen LogP contribution in [0.5, 0.6) is 0 Å². The van der Waals surface area contributed by atoms with Gasteiger partial charge in [-0.1, -0.05) is 423 Å². The molecule has 0 amide bonds. The first-order chi connectivity index (χ1) is 63.0. The molecule has 0 aliphatic heterocycles. The molecule has 0 N–H and O–H groups in total. The number of para-hydroxylation sites is 2. The molecule has 0 bridgehead atoms. The Morgan fingerprint density at radius 1 is 0.131 bits per heavy atom. The van der Waals surface area contributed by atoms with Gasteiger partial charge >= 0.3 is 0 Å². The van der Waals surface area contributed by atoms with Crippen molar-refractivity contribution < 1.29 is 0 Å². The molecule has 130 heavy (non-hydrogen) atoms. The van der Waals surface area contributed by atoms with Gasteiger partial charge in [0.2, 0.25) is 0 Å². The van der Waals surface area contributed by atoms with Crippen LogP contribution in [0, 0.1) is 0 Å². The van der Waals surface area contributed by atoms with E-state index in [0.717, 1.165) is 0 Å². The summed E-state index contributed by atoms with van der Waals surface area (Å²) in [6.45, 7) is 27.6. The van der Waals surface area contributed by atoms with Crippen molar-refractivity contribution in [1.29, 1.82) is 0 Å². The van der Waals surface area contributed by atoms with Crippen molar-refractivity contribution in [3.63, 3.8) is 0 Å². The molecule has 20 aromatic carbocycles. The highest BCUT2D eigenvalue weighted by Gasteiger charge is 2.27. The minimum atomic E-state index is 0.0159. The molecule has 0 aliphatic rings. The lowest BCUT2D eigenvalue weighted by atomic mass is 9.79. The van der Waals surface area contributed by atoms with Gasteiger partial charge in [-0.15, -0.1) is 0 Å². The van der Waals surface area contributed by atoms with Crippen molar-refractivity contribution in [2.45, 2.75) is 105 Å². The van der Waals surface area contributed by atoms with Crippen LogP contribution in [0.3, 0.4) is 0 Å². The molecule has 0 aliphatic carbocycles. The molecule has 0 fully saturated rings. The van der Waals surface area contributed by atoms with Gasteiger partial charge in [-0.3, -0.25) is 0 Å². The summed E-state index contributed by atoms with van der Waals surface area (Å²) in [5.74, 6) is 0. The Bertz CT molecular complexity index is 7990. The smallest absolute Gasteiger partial charge is 0.0541 e. The molecule has 0 saturated carbocycles. The molecule has 0 saturated heterocycles. The number of rotatable bonds is 12. The SMILES string of the molecule is CC(C)(C)c1ccc2c(-c3ccc(-c4ccc(-c5ccc6c(c5)c5cc(C(C)(C)C)ccc5n6-c5ccccc5)cc4)cc3)c3cc(C(C)(C)C)ccc3c(-c3ccccc3)c2c1.CC(C)(C)c1ccc2c(c1)c1cc(-c3ccc(-c4ccc(-c5c6ccccc6c(-c6ccc(-c7ccc(-c8ccccc8)cc7)cc6)c6ccccc56)cc4)cc3)ccc1n2-c1ccccc1. The summed E-state index contributed by atoms with van der Waals surface area (Å²) in [5.41, 5.74) is 37.4. The topological polar surface area (TPSA) is 9.86 Å². The summed E-state index contributed by atoms with van der Waals surface area (Å²) in [4.78, 5) is 0. The zero-order chi connectivity index (χ0) is 88.9. The van der Waals surface area contributed by atoms with Gasteiger partial charge in [-0.2, -0.15) is 0 Å². The lowest BCUT2D eigenvalue weighted by Crippen LogP contribution is -2.11. The number of fused-ring (bicyclic) bond motifs is 10. The highest BCUT2D eigenvalue weighted by Crippen LogP contribution is 2.50. The number of nitrogens with zero attached hydrogens (tertiary/aromatic N) is 2. The van der Waals surface area contributed by atoms with Crippen molar-refractivity contribution >= 4 is 86.7 Å². The molecule has 0 atom stereocenters. The largest absolute Gasteiger partial charge is 0.309 e. The third-order valence-electron chi connectivity index (χ3n) is 27.1. The summed E-state index contributed by atoms with van der Waals surface area (Å²) in [5, 5.41) is 15.3. The van der Waals surface area contributed by atoms with Gasteiger partial charge in [0, 0.05) is 32.9 Å². The summed E-state index contributed by atoms with van der Waals surface area (Å²) in [7, 11) is 0. The Labute approximate surface area is 764 Å². The maximum atomic E-state index is 2.46. The lowest BCUT2D eigenvalue weighted by molar-refractivity contribution is 0.590. The number of benzene rings is 20. The van der Waals surface area contributed by atoms with Gasteiger partial charge in [-0.25, -0.2) is 0 Å². The predicted molar refractivity (Wildman–Crippen MR) is 561 cm³/mol. The van der Waals surface area contributed by atoms with E-state index >= 15 is 0 Å². The number of aromatic nitrogens is 2. The summed E-state index contributed by atoms with van der Waals surface area (Å²) < 4.78 is 4.81. The highest BCUT2D eigenvalue weighted by atomic mass is 15.0. The number of hydrogen-bond donors (Lipinski definition) is 0. The van der Waals surface area contributed by atoms with Gasteiger partial charge < -0.3 is 9.13 Å². The summed E-state index contributed by atoms with van der Waals surface area (Å²) in [6, 6.07) is 158. The molecular weight excluding hydrogens is 1570 g/mol. The molecule has 2 heteroatoms. The van der Waals surface area contributed by atoms with E-state index in [1.165, 1.54) is 232 Å². The summed E-state index contributed by atoms with van der Waals surface area (Å²) >= 11 is 0. The van der Waals surface area contributed by atoms with Gasteiger partial charge in [0.15, 0.2) is 0 Å². The molecule has 0 radical (unpaired) electrons. The van der Waals surface area contributed by atoms with Crippen molar-refractivity contribution in [2.75, 3.05) is 0 Å². The third kappa shape index (κ3) is 15.2. The van der Waals surface area contributed by atoms with Gasteiger partial charge in [0.05, 0.1) is 22.1 Å². The molecule has 628 valence electrons. The van der Waals surface area contributed by atoms with Gasteiger partial charge in [-0.05, 0) is 283 Å².